The van der Waals surface area contributed by atoms with Crippen molar-refractivity contribution in [1.82, 2.24) is 5.43 Å². The number of benzene rings is 1. The maximum Gasteiger partial charge on any atom is 0.165 e. The van der Waals surface area contributed by atoms with Crippen LogP contribution in [0.25, 0.3) is 0 Å². The molecule has 3 N–H and O–H groups in total. The van der Waals surface area contributed by atoms with Crippen LogP contribution in [0.5, 0.6) is 5.75 Å². The van der Waals surface area contributed by atoms with Crippen LogP contribution in [0.2, 0.25) is 0 Å². The third-order valence-electron chi connectivity index (χ3n) is 3.42. The Morgan fingerprint density at radius 1 is 1.56 bits per heavy atom. The van der Waals surface area contributed by atoms with Crippen LogP contribution in [0.3, 0.4) is 0 Å². The largest absolute Gasteiger partial charge is 0.494 e. The molecule has 0 saturated carbocycles. The Hall–Kier alpha value is -1.17. The normalized spacial score (nSPS) is 25.1. The molecular formula is C13H19FN2O2. The van der Waals surface area contributed by atoms with E-state index >= 15 is 0 Å². The summed E-state index contributed by atoms with van der Waals surface area (Å²) in [7, 11) is 1.45. The van der Waals surface area contributed by atoms with Crippen LogP contribution in [0.1, 0.15) is 24.9 Å². The predicted octanol–water partition coefficient (Wildman–Crippen LogP) is 1.76. The van der Waals surface area contributed by atoms with Gasteiger partial charge in [-0.05, 0) is 31.0 Å². The highest BCUT2D eigenvalue weighted by Crippen LogP contribution is 2.32. The van der Waals surface area contributed by atoms with Gasteiger partial charge in [-0.1, -0.05) is 6.07 Å². The Bertz CT molecular complexity index is 414. The van der Waals surface area contributed by atoms with Crippen molar-refractivity contribution in [3.63, 3.8) is 0 Å². The molecule has 0 aliphatic carbocycles. The van der Waals surface area contributed by atoms with Crippen molar-refractivity contribution < 1.29 is 13.9 Å². The van der Waals surface area contributed by atoms with E-state index in [2.05, 4.69) is 5.43 Å². The van der Waals surface area contributed by atoms with Gasteiger partial charge in [0.25, 0.3) is 0 Å². The van der Waals surface area contributed by atoms with Crippen LogP contribution in [0.4, 0.5) is 4.39 Å². The van der Waals surface area contributed by atoms with E-state index in [4.69, 9.17) is 15.3 Å². The average Bonchev–Trinajstić information content (AvgIpc) is 2.77. The monoisotopic (exact) mass is 254 g/mol. The molecule has 0 aromatic heterocycles. The number of rotatable bonds is 4. The average molecular weight is 254 g/mol. The zero-order chi connectivity index (χ0) is 13.1. The standard InChI is InChI=1S/C13H19FN2O2/c1-8-5-10(7-18-8)13(16-15)9-3-4-12(17-2)11(14)6-9/h3-4,6,8,10,13,16H,5,7,15H2,1-2H3. The number of methoxy groups -OCH3 is 1. The molecule has 2 rings (SSSR count). The number of halogens is 1. The zero-order valence-corrected chi connectivity index (χ0v) is 10.7. The van der Waals surface area contributed by atoms with Crippen LogP contribution in [0.15, 0.2) is 18.2 Å². The highest BCUT2D eigenvalue weighted by atomic mass is 19.1. The summed E-state index contributed by atoms with van der Waals surface area (Å²) in [5.74, 6) is 5.72. The lowest BCUT2D eigenvalue weighted by Crippen LogP contribution is -2.34. The zero-order valence-electron chi connectivity index (χ0n) is 10.7. The molecule has 0 bridgehead atoms. The first-order valence-corrected chi connectivity index (χ1v) is 6.07. The minimum Gasteiger partial charge on any atom is -0.494 e. The summed E-state index contributed by atoms with van der Waals surface area (Å²) in [6.45, 7) is 2.67. The van der Waals surface area contributed by atoms with Gasteiger partial charge in [-0.2, -0.15) is 0 Å². The van der Waals surface area contributed by atoms with E-state index in [-0.39, 0.29) is 29.6 Å². The second-order valence-corrected chi connectivity index (χ2v) is 4.68. The molecule has 18 heavy (non-hydrogen) atoms. The van der Waals surface area contributed by atoms with Crippen molar-refractivity contribution >= 4 is 0 Å². The number of hydrogen-bond donors (Lipinski definition) is 2. The third kappa shape index (κ3) is 2.63. The van der Waals surface area contributed by atoms with Gasteiger partial charge >= 0.3 is 0 Å². The topological polar surface area (TPSA) is 56.5 Å². The Balaban J connectivity index is 2.19. The van der Waals surface area contributed by atoms with Crippen LogP contribution >= 0.6 is 0 Å². The number of hydrazine groups is 1. The van der Waals surface area contributed by atoms with E-state index in [1.807, 2.05) is 13.0 Å². The Labute approximate surface area is 106 Å². The van der Waals surface area contributed by atoms with Gasteiger partial charge in [-0.3, -0.25) is 11.3 Å². The lowest BCUT2D eigenvalue weighted by atomic mass is 9.91. The highest BCUT2D eigenvalue weighted by molar-refractivity contribution is 5.31. The van der Waals surface area contributed by atoms with Crippen LogP contribution in [-0.2, 0) is 4.74 Å². The second kappa shape index (κ2) is 5.65. The van der Waals surface area contributed by atoms with Crippen LogP contribution in [-0.4, -0.2) is 19.8 Å². The summed E-state index contributed by atoms with van der Waals surface area (Å²) >= 11 is 0. The van der Waals surface area contributed by atoms with Crippen LogP contribution in [0, 0.1) is 11.7 Å². The molecule has 1 saturated heterocycles. The van der Waals surface area contributed by atoms with E-state index in [9.17, 15) is 4.39 Å². The van der Waals surface area contributed by atoms with Crippen molar-refractivity contribution in [3.8, 4) is 5.75 Å². The molecule has 1 aliphatic rings. The summed E-state index contributed by atoms with van der Waals surface area (Å²) in [5.41, 5.74) is 3.58. The van der Waals surface area contributed by atoms with E-state index in [1.54, 1.807) is 6.07 Å². The second-order valence-electron chi connectivity index (χ2n) is 4.68. The van der Waals surface area contributed by atoms with Gasteiger partial charge in [0.1, 0.15) is 0 Å². The van der Waals surface area contributed by atoms with E-state index in [0.717, 1.165) is 12.0 Å². The quantitative estimate of drug-likeness (QED) is 0.635. The first-order chi connectivity index (χ1) is 8.65. The van der Waals surface area contributed by atoms with Crippen molar-refractivity contribution in [1.29, 1.82) is 0 Å². The fourth-order valence-corrected chi connectivity index (χ4v) is 2.46. The van der Waals surface area contributed by atoms with Crippen molar-refractivity contribution in [3.05, 3.63) is 29.6 Å². The van der Waals surface area contributed by atoms with Crippen molar-refractivity contribution in [2.75, 3.05) is 13.7 Å². The lowest BCUT2D eigenvalue weighted by molar-refractivity contribution is 0.117. The molecule has 5 heteroatoms. The SMILES string of the molecule is COc1ccc(C(NN)C2COC(C)C2)cc1F. The highest BCUT2D eigenvalue weighted by Gasteiger charge is 2.30. The van der Waals surface area contributed by atoms with E-state index in [0.29, 0.717) is 6.61 Å². The minimum absolute atomic E-state index is 0.102. The van der Waals surface area contributed by atoms with Gasteiger partial charge in [0.05, 0.1) is 25.9 Å². The first kappa shape index (κ1) is 13.3. The molecule has 0 spiro atoms. The number of hydrogen-bond acceptors (Lipinski definition) is 4. The number of nitrogens with one attached hydrogen (secondary N) is 1. The fraction of sp³-hybridized carbons (Fsp3) is 0.538. The van der Waals surface area contributed by atoms with Gasteiger partial charge in [0, 0.05) is 5.92 Å². The molecule has 3 unspecified atom stereocenters. The van der Waals surface area contributed by atoms with E-state index in [1.165, 1.54) is 13.2 Å². The fourth-order valence-electron chi connectivity index (χ4n) is 2.46. The Kier molecular flexibility index (Phi) is 4.16. The molecule has 1 heterocycles. The predicted molar refractivity (Wildman–Crippen MR) is 66.5 cm³/mol. The molecular weight excluding hydrogens is 235 g/mol. The third-order valence-corrected chi connectivity index (χ3v) is 3.42. The summed E-state index contributed by atoms with van der Waals surface area (Å²) < 4.78 is 24.1. The number of ether oxygens (including phenoxy) is 2. The maximum absolute atomic E-state index is 13.7. The van der Waals surface area contributed by atoms with Gasteiger partial charge in [-0.25, -0.2) is 4.39 Å². The molecule has 1 aliphatic heterocycles. The summed E-state index contributed by atoms with van der Waals surface area (Å²) in [4.78, 5) is 0. The molecule has 1 fully saturated rings. The molecule has 100 valence electrons. The van der Waals surface area contributed by atoms with Crippen molar-refractivity contribution in [2.24, 2.45) is 11.8 Å². The van der Waals surface area contributed by atoms with E-state index < -0.39 is 0 Å². The van der Waals surface area contributed by atoms with Gasteiger partial charge in [0.15, 0.2) is 11.6 Å². The van der Waals surface area contributed by atoms with Gasteiger partial charge in [0.2, 0.25) is 0 Å². The summed E-state index contributed by atoms with van der Waals surface area (Å²) in [6.07, 6.45) is 1.15. The van der Waals surface area contributed by atoms with Gasteiger partial charge < -0.3 is 9.47 Å². The minimum atomic E-state index is -0.373. The summed E-state index contributed by atoms with van der Waals surface area (Å²) in [5, 5.41) is 0. The molecule has 0 radical (unpaired) electrons. The van der Waals surface area contributed by atoms with Crippen molar-refractivity contribution in [2.45, 2.75) is 25.5 Å². The first-order valence-electron chi connectivity index (χ1n) is 6.07. The molecule has 1 aromatic carbocycles. The smallest absolute Gasteiger partial charge is 0.165 e. The van der Waals surface area contributed by atoms with Gasteiger partial charge in [-0.15, -0.1) is 0 Å². The maximum atomic E-state index is 13.7. The number of nitrogens with two attached hydrogens (primary N) is 1. The molecule has 1 aromatic rings. The lowest BCUT2D eigenvalue weighted by Gasteiger charge is -2.22. The molecule has 3 atom stereocenters. The molecule has 0 amide bonds. The molecule has 4 nitrogen and oxygen atoms in total. The van der Waals surface area contributed by atoms with Crippen LogP contribution < -0.4 is 16.0 Å². The summed E-state index contributed by atoms with van der Waals surface area (Å²) in [6, 6.07) is 4.81. The Morgan fingerprint density at radius 3 is 2.83 bits per heavy atom. The Morgan fingerprint density at radius 2 is 2.33 bits per heavy atom.